The monoisotopic (exact) mass is 414 g/mol. The van der Waals surface area contributed by atoms with Crippen LogP contribution in [-0.4, -0.2) is 55.7 Å². The molecule has 162 valence electrons. The second-order valence-corrected chi connectivity index (χ2v) is 7.72. The van der Waals surface area contributed by atoms with Gasteiger partial charge in [-0.05, 0) is 16.7 Å². The van der Waals surface area contributed by atoms with Crippen molar-refractivity contribution >= 4 is 6.08 Å². The van der Waals surface area contributed by atoms with Crippen LogP contribution in [0.2, 0.25) is 0 Å². The Morgan fingerprint density at radius 3 is 2.19 bits per heavy atom. The smallest absolute Gasteiger partial charge is 0.108 e. The molecule has 0 aliphatic carbocycles. The lowest BCUT2D eigenvalue weighted by molar-refractivity contribution is 0.0465. The molecular weight excluding hydrogens is 380 g/mol. The zero-order valence-electron chi connectivity index (χ0n) is 18.4. The van der Waals surface area contributed by atoms with Crippen LogP contribution in [0.3, 0.4) is 0 Å². The van der Waals surface area contributed by atoms with Crippen molar-refractivity contribution < 1.29 is 4.74 Å². The quantitative estimate of drug-likeness (QED) is 0.460. The maximum absolute atomic E-state index is 6.32. The van der Waals surface area contributed by atoms with Crippen molar-refractivity contribution in [1.82, 2.24) is 9.80 Å². The maximum Gasteiger partial charge on any atom is 0.108 e. The van der Waals surface area contributed by atoms with E-state index in [9.17, 15) is 0 Å². The molecule has 1 saturated heterocycles. The number of benzene rings is 2. The summed E-state index contributed by atoms with van der Waals surface area (Å²) >= 11 is 0. The van der Waals surface area contributed by atoms with Gasteiger partial charge in [0.1, 0.15) is 6.10 Å². The van der Waals surface area contributed by atoms with E-state index in [2.05, 4.69) is 77.6 Å². The third-order valence-corrected chi connectivity index (χ3v) is 5.58. The Morgan fingerprint density at radius 2 is 1.55 bits per heavy atom. The van der Waals surface area contributed by atoms with Gasteiger partial charge in [0.15, 0.2) is 0 Å². The van der Waals surface area contributed by atoms with Gasteiger partial charge in [0, 0.05) is 39.3 Å². The van der Waals surface area contributed by atoms with E-state index in [-0.39, 0.29) is 6.10 Å². The van der Waals surface area contributed by atoms with Crippen molar-refractivity contribution in [2.45, 2.75) is 6.10 Å². The van der Waals surface area contributed by atoms with Gasteiger partial charge in [0.25, 0.3) is 0 Å². The minimum atomic E-state index is -0.110. The van der Waals surface area contributed by atoms with Crippen LogP contribution in [0.25, 0.3) is 6.08 Å². The van der Waals surface area contributed by atoms with E-state index in [1.807, 2.05) is 30.4 Å². The average Bonchev–Trinajstić information content (AvgIpc) is 2.83. The molecule has 1 aliphatic heterocycles. The molecule has 0 N–H and O–H groups in total. The van der Waals surface area contributed by atoms with Crippen LogP contribution in [0.5, 0.6) is 0 Å². The van der Waals surface area contributed by atoms with Crippen molar-refractivity contribution in [3.05, 3.63) is 115 Å². The highest BCUT2D eigenvalue weighted by Gasteiger charge is 2.18. The highest BCUT2D eigenvalue weighted by Crippen LogP contribution is 2.26. The summed E-state index contributed by atoms with van der Waals surface area (Å²) in [4.78, 5) is 5.00. The highest BCUT2D eigenvalue weighted by atomic mass is 16.5. The van der Waals surface area contributed by atoms with Gasteiger partial charge < -0.3 is 4.74 Å². The first-order chi connectivity index (χ1) is 15.3. The Kier molecular flexibility index (Phi) is 9.52. The molecule has 0 bridgehead atoms. The molecule has 1 unspecified atom stereocenters. The van der Waals surface area contributed by atoms with Crippen LogP contribution >= 0.6 is 0 Å². The highest BCUT2D eigenvalue weighted by molar-refractivity contribution is 5.48. The van der Waals surface area contributed by atoms with Gasteiger partial charge in [-0.15, -0.1) is 0 Å². The van der Waals surface area contributed by atoms with E-state index in [0.717, 1.165) is 50.4 Å². The van der Waals surface area contributed by atoms with E-state index >= 15 is 0 Å². The summed E-state index contributed by atoms with van der Waals surface area (Å²) in [6.07, 6.45) is 10.00. The average molecular weight is 415 g/mol. The zero-order chi connectivity index (χ0) is 21.7. The summed E-state index contributed by atoms with van der Waals surface area (Å²) in [5.41, 5.74) is 3.44. The van der Waals surface area contributed by atoms with Crippen molar-refractivity contribution in [1.29, 1.82) is 0 Å². The summed E-state index contributed by atoms with van der Waals surface area (Å²) < 4.78 is 6.32. The molecule has 1 fully saturated rings. The molecule has 0 aromatic heterocycles. The molecule has 1 aliphatic rings. The van der Waals surface area contributed by atoms with Crippen molar-refractivity contribution in [3.8, 4) is 0 Å². The minimum absolute atomic E-state index is 0.110. The molecular formula is C28H34N2O. The van der Waals surface area contributed by atoms with Gasteiger partial charge in [0.05, 0.1) is 6.61 Å². The van der Waals surface area contributed by atoms with Crippen molar-refractivity contribution in [3.63, 3.8) is 0 Å². The third kappa shape index (κ3) is 7.48. The molecule has 31 heavy (non-hydrogen) atoms. The Hall–Kier alpha value is -2.72. The predicted molar refractivity (Wildman–Crippen MR) is 132 cm³/mol. The fourth-order valence-electron chi connectivity index (χ4n) is 3.81. The lowest BCUT2D eigenvalue weighted by Gasteiger charge is -2.34. The van der Waals surface area contributed by atoms with E-state index in [0.29, 0.717) is 6.61 Å². The fourth-order valence-corrected chi connectivity index (χ4v) is 3.81. The molecule has 0 spiro atoms. The van der Waals surface area contributed by atoms with Crippen molar-refractivity contribution in [2.24, 2.45) is 0 Å². The SMILES string of the molecule is C=C/C=C(\C=C)C(OCCN1CCN(C/C=C/c2ccccc2)CC1)c1ccccc1. The topological polar surface area (TPSA) is 15.7 Å². The van der Waals surface area contributed by atoms with Crippen LogP contribution in [0.4, 0.5) is 0 Å². The third-order valence-electron chi connectivity index (χ3n) is 5.58. The second-order valence-electron chi connectivity index (χ2n) is 7.72. The number of nitrogens with zero attached hydrogens (tertiary/aromatic N) is 2. The first-order valence-electron chi connectivity index (χ1n) is 11.1. The number of hydrogen-bond acceptors (Lipinski definition) is 3. The lowest BCUT2D eigenvalue weighted by Crippen LogP contribution is -2.47. The molecule has 2 aromatic carbocycles. The van der Waals surface area contributed by atoms with Gasteiger partial charge in [-0.2, -0.15) is 0 Å². The zero-order valence-corrected chi connectivity index (χ0v) is 18.4. The predicted octanol–water partition coefficient (Wildman–Crippen LogP) is 5.37. The van der Waals surface area contributed by atoms with Crippen LogP contribution in [0, 0.1) is 0 Å². The number of ether oxygens (including phenoxy) is 1. The van der Waals surface area contributed by atoms with Gasteiger partial charge in [0.2, 0.25) is 0 Å². The van der Waals surface area contributed by atoms with E-state index in [4.69, 9.17) is 4.74 Å². The largest absolute Gasteiger partial charge is 0.367 e. The van der Waals surface area contributed by atoms with Gasteiger partial charge in [-0.1, -0.05) is 104 Å². The van der Waals surface area contributed by atoms with Crippen LogP contribution < -0.4 is 0 Å². The lowest BCUT2D eigenvalue weighted by atomic mass is 10.0. The molecule has 0 amide bonds. The minimum Gasteiger partial charge on any atom is -0.367 e. The van der Waals surface area contributed by atoms with Crippen LogP contribution in [0.15, 0.2) is 104 Å². The Balaban J connectivity index is 1.43. The summed E-state index contributed by atoms with van der Waals surface area (Å²) in [7, 11) is 0. The summed E-state index contributed by atoms with van der Waals surface area (Å²) in [6.45, 7) is 14.8. The molecule has 1 heterocycles. The molecule has 3 heteroatoms. The van der Waals surface area contributed by atoms with Gasteiger partial charge in [-0.3, -0.25) is 9.80 Å². The Bertz CT molecular complexity index is 849. The Labute approximate surface area is 187 Å². The van der Waals surface area contributed by atoms with Crippen LogP contribution in [-0.2, 0) is 4.74 Å². The first kappa shape index (κ1) is 23.0. The molecule has 0 saturated carbocycles. The normalized spacial score (nSPS) is 17.0. The standard InChI is InChI=1S/C28H34N2O/c1-3-12-26(4-2)28(27-16-9-6-10-17-27)31-24-23-30-21-19-29(20-22-30)18-11-15-25-13-7-5-8-14-25/h3-17,28H,1-2,18-24H2/b15-11+,26-12+. The van der Waals surface area contributed by atoms with E-state index < -0.39 is 0 Å². The number of rotatable bonds is 11. The second kappa shape index (κ2) is 12.9. The summed E-state index contributed by atoms with van der Waals surface area (Å²) in [5, 5.41) is 0. The van der Waals surface area contributed by atoms with Crippen molar-refractivity contribution in [2.75, 3.05) is 45.9 Å². The van der Waals surface area contributed by atoms with Gasteiger partial charge in [-0.25, -0.2) is 0 Å². The number of allylic oxidation sites excluding steroid dienone is 2. The maximum atomic E-state index is 6.32. The van der Waals surface area contributed by atoms with E-state index in [1.165, 1.54) is 5.56 Å². The molecule has 3 rings (SSSR count). The van der Waals surface area contributed by atoms with Crippen LogP contribution in [0.1, 0.15) is 17.2 Å². The Morgan fingerprint density at radius 1 is 0.903 bits per heavy atom. The molecule has 0 radical (unpaired) electrons. The number of piperazine rings is 1. The molecule has 3 nitrogen and oxygen atoms in total. The summed E-state index contributed by atoms with van der Waals surface area (Å²) in [6, 6.07) is 20.8. The molecule has 2 aromatic rings. The molecule has 1 atom stereocenters. The number of hydrogen-bond donors (Lipinski definition) is 0. The fraction of sp³-hybridized carbons (Fsp3) is 0.286. The van der Waals surface area contributed by atoms with Gasteiger partial charge >= 0.3 is 0 Å². The first-order valence-corrected chi connectivity index (χ1v) is 11.1. The summed E-state index contributed by atoms with van der Waals surface area (Å²) in [5.74, 6) is 0. The van der Waals surface area contributed by atoms with E-state index in [1.54, 1.807) is 6.08 Å².